The molecule has 1 aliphatic carbocycles. The van der Waals surface area contributed by atoms with Gasteiger partial charge in [0.15, 0.2) is 0 Å². The number of hydrogen-bond acceptors (Lipinski definition) is 2. The van der Waals surface area contributed by atoms with Crippen molar-refractivity contribution in [2.45, 2.75) is 58.6 Å². The van der Waals surface area contributed by atoms with Crippen molar-refractivity contribution in [1.29, 1.82) is 0 Å². The average molecular weight is 273 g/mol. The van der Waals surface area contributed by atoms with Crippen LogP contribution in [0.25, 0.3) is 0 Å². The van der Waals surface area contributed by atoms with E-state index in [1.165, 1.54) is 24.0 Å². The molecule has 2 heteroatoms. The highest BCUT2D eigenvalue weighted by Crippen LogP contribution is 2.29. The van der Waals surface area contributed by atoms with Crippen LogP contribution in [0.1, 0.15) is 56.7 Å². The number of aryl methyl sites for hydroxylation is 1. The van der Waals surface area contributed by atoms with Gasteiger partial charge >= 0.3 is 0 Å². The molecule has 0 amide bonds. The molecule has 0 bridgehead atoms. The van der Waals surface area contributed by atoms with Crippen molar-refractivity contribution in [1.82, 2.24) is 5.32 Å². The first kappa shape index (κ1) is 15.1. The highest BCUT2D eigenvalue weighted by Gasteiger charge is 2.15. The van der Waals surface area contributed by atoms with Gasteiger partial charge in [-0.25, -0.2) is 0 Å². The topological polar surface area (TPSA) is 21.3 Å². The maximum absolute atomic E-state index is 6.22. The van der Waals surface area contributed by atoms with E-state index in [0.717, 1.165) is 25.1 Å². The lowest BCUT2D eigenvalue weighted by atomic mass is 10.0. The van der Waals surface area contributed by atoms with E-state index < -0.39 is 0 Å². The Bertz CT molecular complexity index is 453. The van der Waals surface area contributed by atoms with Gasteiger partial charge in [0.05, 0.1) is 0 Å². The summed E-state index contributed by atoms with van der Waals surface area (Å²) >= 11 is 0. The Balaban J connectivity index is 2.14. The van der Waals surface area contributed by atoms with Crippen LogP contribution in [-0.2, 0) is 0 Å². The molecule has 1 aromatic carbocycles. The molecule has 1 aliphatic rings. The molecule has 2 atom stereocenters. The molecule has 2 unspecified atom stereocenters. The number of hydrogen-bond donors (Lipinski definition) is 1. The number of rotatable bonds is 6. The third-order valence-electron chi connectivity index (χ3n) is 3.82. The number of nitrogens with one attached hydrogen (secondary N) is 1. The smallest absolute Gasteiger partial charge is 0.124 e. The maximum Gasteiger partial charge on any atom is 0.124 e. The van der Waals surface area contributed by atoms with Crippen molar-refractivity contribution < 1.29 is 4.74 Å². The molecule has 1 N–H and O–H groups in total. The van der Waals surface area contributed by atoms with Gasteiger partial charge in [-0.3, -0.25) is 0 Å². The van der Waals surface area contributed by atoms with Gasteiger partial charge in [-0.15, -0.1) is 0 Å². The highest BCUT2D eigenvalue weighted by atomic mass is 16.5. The van der Waals surface area contributed by atoms with Gasteiger partial charge < -0.3 is 10.1 Å². The van der Waals surface area contributed by atoms with Crippen molar-refractivity contribution in [2.24, 2.45) is 0 Å². The fraction of sp³-hybridized carbons (Fsp3) is 0.556. The summed E-state index contributed by atoms with van der Waals surface area (Å²) in [7, 11) is 0. The van der Waals surface area contributed by atoms with E-state index in [1.807, 2.05) is 0 Å². The Morgan fingerprint density at radius 2 is 2.25 bits per heavy atom. The van der Waals surface area contributed by atoms with Crippen molar-refractivity contribution in [3.8, 4) is 5.75 Å². The van der Waals surface area contributed by atoms with Gasteiger partial charge in [-0.1, -0.05) is 30.7 Å². The second-order valence-corrected chi connectivity index (χ2v) is 5.73. The van der Waals surface area contributed by atoms with E-state index >= 15 is 0 Å². The summed E-state index contributed by atoms with van der Waals surface area (Å²) in [5, 5.41) is 3.56. The van der Waals surface area contributed by atoms with Crippen molar-refractivity contribution >= 4 is 0 Å². The van der Waals surface area contributed by atoms with Gasteiger partial charge in [0, 0.05) is 11.6 Å². The quantitative estimate of drug-likeness (QED) is 0.768. The van der Waals surface area contributed by atoms with Crippen LogP contribution in [0.2, 0.25) is 0 Å². The SMILES string of the molecule is CCCNC(C)c1cc(C)ccc1OC1C=CCCC1. The van der Waals surface area contributed by atoms with Gasteiger partial charge in [-0.05, 0) is 58.2 Å². The molecule has 0 saturated heterocycles. The lowest BCUT2D eigenvalue weighted by Gasteiger charge is -2.23. The van der Waals surface area contributed by atoms with E-state index in [-0.39, 0.29) is 6.10 Å². The van der Waals surface area contributed by atoms with Crippen LogP contribution < -0.4 is 10.1 Å². The molecule has 0 aromatic heterocycles. The van der Waals surface area contributed by atoms with Crippen LogP contribution >= 0.6 is 0 Å². The molecule has 0 saturated carbocycles. The molecule has 2 rings (SSSR count). The van der Waals surface area contributed by atoms with E-state index in [1.54, 1.807) is 0 Å². The molecule has 0 radical (unpaired) electrons. The predicted molar refractivity (Wildman–Crippen MR) is 85.3 cm³/mol. The van der Waals surface area contributed by atoms with Gasteiger partial charge in [0.25, 0.3) is 0 Å². The first-order chi connectivity index (χ1) is 9.70. The zero-order valence-electron chi connectivity index (χ0n) is 13.0. The normalized spacial score (nSPS) is 19.9. The van der Waals surface area contributed by atoms with Gasteiger partial charge in [0.2, 0.25) is 0 Å². The van der Waals surface area contributed by atoms with E-state index in [2.05, 4.69) is 56.4 Å². The van der Waals surface area contributed by atoms with Crippen LogP contribution in [0, 0.1) is 6.92 Å². The third kappa shape index (κ3) is 4.11. The summed E-state index contributed by atoms with van der Waals surface area (Å²) in [5.74, 6) is 1.03. The minimum Gasteiger partial charge on any atom is -0.486 e. The standard InChI is InChI=1S/C18H27NO/c1-4-12-19-15(3)17-13-14(2)10-11-18(17)20-16-8-6-5-7-9-16/h6,8,10-11,13,15-16,19H,4-5,7,9,12H2,1-3H3. The molecule has 1 aromatic rings. The Morgan fingerprint density at radius 3 is 2.95 bits per heavy atom. The molecule has 0 heterocycles. The van der Waals surface area contributed by atoms with E-state index in [9.17, 15) is 0 Å². The minimum atomic E-state index is 0.239. The van der Waals surface area contributed by atoms with Crippen LogP contribution in [0.3, 0.4) is 0 Å². The summed E-state index contributed by atoms with van der Waals surface area (Å²) in [6.07, 6.45) is 9.38. The zero-order chi connectivity index (χ0) is 14.4. The van der Waals surface area contributed by atoms with Gasteiger partial charge in [-0.2, -0.15) is 0 Å². The fourth-order valence-corrected chi connectivity index (χ4v) is 2.63. The Morgan fingerprint density at radius 1 is 1.40 bits per heavy atom. The monoisotopic (exact) mass is 273 g/mol. The molecular weight excluding hydrogens is 246 g/mol. The maximum atomic E-state index is 6.22. The first-order valence-corrected chi connectivity index (χ1v) is 7.88. The largest absolute Gasteiger partial charge is 0.486 e. The molecule has 0 spiro atoms. The Kier molecular flexibility index (Phi) is 5.66. The van der Waals surface area contributed by atoms with Crippen LogP contribution in [0.5, 0.6) is 5.75 Å². The second kappa shape index (κ2) is 7.49. The average Bonchev–Trinajstić information content (AvgIpc) is 2.47. The molecular formula is C18H27NO. The number of ether oxygens (including phenoxy) is 1. The molecule has 20 heavy (non-hydrogen) atoms. The Labute approximate surface area is 123 Å². The Hall–Kier alpha value is -1.28. The fourth-order valence-electron chi connectivity index (χ4n) is 2.63. The van der Waals surface area contributed by atoms with E-state index in [4.69, 9.17) is 4.74 Å². The minimum absolute atomic E-state index is 0.239. The summed E-state index contributed by atoms with van der Waals surface area (Å²) < 4.78 is 6.22. The molecule has 2 nitrogen and oxygen atoms in total. The number of allylic oxidation sites excluding steroid dienone is 1. The lowest BCUT2D eigenvalue weighted by molar-refractivity contribution is 0.226. The van der Waals surface area contributed by atoms with Crippen molar-refractivity contribution in [2.75, 3.05) is 6.54 Å². The second-order valence-electron chi connectivity index (χ2n) is 5.73. The predicted octanol–water partition coefficient (Wildman–Crippen LogP) is 4.54. The number of benzene rings is 1. The van der Waals surface area contributed by atoms with Crippen molar-refractivity contribution in [3.05, 3.63) is 41.5 Å². The van der Waals surface area contributed by atoms with Crippen molar-refractivity contribution in [3.63, 3.8) is 0 Å². The van der Waals surface area contributed by atoms with Crippen LogP contribution in [0.15, 0.2) is 30.4 Å². The van der Waals surface area contributed by atoms with Crippen LogP contribution in [-0.4, -0.2) is 12.6 Å². The lowest BCUT2D eigenvalue weighted by Crippen LogP contribution is -2.22. The molecule has 0 fully saturated rings. The van der Waals surface area contributed by atoms with Crippen LogP contribution in [0.4, 0.5) is 0 Å². The van der Waals surface area contributed by atoms with E-state index in [0.29, 0.717) is 6.04 Å². The first-order valence-electron chi connectivity index (χ1n) is 7.88. The molecule has 0 aliphatic heterocycles. The summed E-state index contributed by atoms with van der Waals surface area (Å²) in [6, 6.07) is 6.84. The zero-order valence-corrected chi connectivity index (χ0v) is 13.0. The summed E-state index contributed by atoms with van der Waals surface area (Å²) in [6.45, 7) is 7.59. The highest BCUT2D eigenvalue weighted by molar-refractivity contribution is 5.39. The third-order valence-corrected chi connectivity index (χ3v) is 3.82. The summed E-state index contributed by atoms with van der Waals surface area (Å²) in [5.41, 5.74) is 2.56. The molecule has 110 valence electrons. The summed E-state index contributed by atoms with van der Waals surface area (Å²) in [4.78, 5) is 0. The van der Waals surface area contributed by atoms with Gasteiger partial charge in [0.1, 0.15) is 11.9 Å².